The second kappa shape index (κ2) is 8.27. The molecule has 0 saturated carbocycles. The first-order valence-corrected chi connectivity index (χ1v) is 9.02. The molecule has 4 nitrogen and oxygen atoms in total. The highest BCUT2D eigenvalue weighted by Crippen LogP contribution is 2.27. The molecule has 0 heterocycles. The lowest BCUT2D eigenvalue weighted by Crippen LogP contribution is -2.29. The second-order valence-electron chi connectivity index (χ2n) is 7.43. The van der Waals surface area contributed by atoms with Gasteiger partial charge in [-0.1, -0.05) is 4.40 Å². The Morgan fingerprint density at radius 2 is 1.68 bits per heavy atom. The van der Waals surface area contributed by atoms with Gasteiger partial charge < -0.3 is 9.29 Å². The highest BCUT2D eigenvalue weighted by Gasteiger charge is 2.31. The van der Waals surface area contributed by atoms with Crippen LogP contribution in [0.3, 0.4) is 0 Å². The maximum Gasteiger partial charge on any atom is 0.311 e. The first-order valence-electron chi connectivity index (χ1n) is 7.91. The minimum Gasteiger partial charge on any atom is -0.591 e. The Kier molecular flexibility index (Phi) is 7.14. The first-order chi connectivity index (χ1) is 11.4. The highest BCUT2D eigenvalue weighted by molar-refractivity contribution is 7.91. The number of carbonyl (C=O) groups is 1. The summed E-state index contributed by atoms with van der Waals surface area (Å²) in [5.41, 5.74) is -0.288. The van der Waals surface area contributed by atoms with Crippen LogP contribution < -0.4 is 0 Å². The topological polar surface area (TPSA) is 61.7 Å². The Hall–Kier alpha value is -1.47. The summed E-state index contributed by atoms with van der Waals surface area (Å²) in [7, 11) is 1.30. The first kappa shape index (κ1) is 21.6. The van der Waals surface area contributed by atoms with E-state index in [2.05, 4.69) is 4.40 Å². The summed E-state index contributed by atoms with van der Waals surface area (Å²) in [5, 5.41) is 0. The van der Waals surface area contributed by atoms with Crippen LogP contribution in [-0.2, 0) is 20.9 Å². The van der Waals surface area contributed by atoms with Gasteiger partial charge in [-0.3, -0.25) is 4.79 Å². The van der Waals surface area contributed by atoms with E-state index in [9.17, 15) is 18.1 Å². The molecule has 1 rings (SSSR count). The Balaban J connectivity index is 3.20. The van der Waals surface area contributed by atoms with E-state index in [-0.39, 0.29) is 12.0 Å². The third-order valence-electron chi connectivity index (χ3n) is 3.64. The summed E-state index contributed by atoms with van der Waals surface area (Å²) in [5.74, 6) is -1.87. The Morgan fingerprint density at radius 1 is 1.16 bits per heavy atom. The number of ether oxygens (including phenoxy) is 1. The second-order valence-corrected chi connectivity index (χ2v) is 9.34. The van der Waals surface area contributed by atoms with E-state index < -0.39 is 39.1 Å². The summed E-state index contributed by atoms with van der Waals surface area (Å²) in [4.78, 5) is 11.8. The highest BCUT2D eigenvalue weighted by atomic mass is 32.2. The van der Waals surface area contributed by atoms with E-state index in [0.29, 0.717) is 12.1 Å². The Bertz CT molecular complexity index is 634. The van der Waals surface area contributed by atoms with Crippen molar-refractivity contribution in [3.63, 3.8) is 0 Å². The van der Waals surface area contributed by atoms with Crippen LogP contribution >= 0.6 is 0 Å². The molecule has 25 heavy (non-hydrogen) atoms. The third kappa shape index (κ3) is 6.40. The molecule has 0 amide bonds. The maximum absolute atomic E-state index is 13.6. The van der Waals surface area contributed by atoms with Crippen LogP contribution in [0.4, 0.5) is 8.78 Å². The molecule has 1 aromatic rings. The zero-order valence-electron chi connectivity index (χ0n) is 15.5. The minimum absolute atomic E-state index is 0.218. The molecular weight excluding hydrogens is 348 g/mol. The van der Waals surface area contributed by atoms with Crippen molar-refractivity contribution in [2.45, 2.75) is 52.2 Å². The number of benzene rings is 1. The summed E-state index contributed by atoms with van der Waals surface area (Å²) in [6.45, 7) is 8.70. The molecule has 140 valence electrons. The summed E-state index contributed by atoms with van der Waals surface area (Å²) >= 11 is -1.59. The minimum atomic E-state index is -1.59. The van der Waals surface area contributed by atoms with Gasteiger partial charge in [0.1, 0.15) is 27.7 Å². The average Bonchev–Trinajstić information content (AvgIpc) is 2.48. The van der Waals surface area contributed by atoms with Crippen LogP contribution in [-0.4, -0.2) is 28.1 Å². The van der Waals surface area contributed by atoms with Gasteiger partial charge in [0.05, 0.1) is 18.2 Å². The zero-order valence-corrected chi connectivity index (χ0v) is 16.3. The van der Waals surface area contributed by atoms with Gasteiger partial charge in [0.2, 0.25) is 0 Å². The van der Waals surface area contributed by atoms with Crippen molar-refractivity contribution in [1.82, 2.24) is 0 Å². The SMILES string of the molecule is COC(=O)C(C)(C)CCC(=N[S+]([O-])C(C)(C)C)c1cc(F)cc(F)c1. The van der Waals surface area contributed by atoms with Gasteiger partial charge in [-0.05, 0) is 59.6 Å². The average molecular weight is 373 g/mol. The van der Waals surface area contributed by atoms with Gasteiger partial charge >= 0.3 is 5.97 Å². The molecule has 1 aromatic carbocycles. The predicted octanol–water partition coefficient (Wildman–Crippen LogP) is 4.20. The lowest BCUT2D eigenvalue weighted by Gasteiger charge is -2.23. The molecule has 7 heteroatoms. The van der Waals surface area contributed by atoms with Crippen molar-refractivity contribution in [3.8, 4) is 0 Å². The fourth-order valence-electron chi connectivity index (χ4n) is 2.01. The van der Waals surface area contributed by atoms with E-state index in [1.54, 1.807) is 34.6 Å². The van der Waals surface area contributed by atoms with Crippen molar-refractivity contribution >= 4 is 23.0 Å². The van der Waals surface area contributed by atoms with Gasteiger partial charge in [0.25, 0.3) is 0 Å². The van der Waals surface area contributed by atoms with Crippen molar-refractivity contribution in [2.75, 3.05) is 7.11 Å². The van der Waals surface area contributed by atoms with Gasteiger partial charge in [0, 0.05) is 11.6 Å². The fraction of sp³-hybridized carbons (Fsp3) is 0.556. The largest absolute Gasteiger partial charge is 0.591 e. The third-order valence-corrected chi connectivity index (χ3v) is 5.07. The predicted molar refractivity (Wildman–Crippen MR) is 95.8 cm³/mol. The van der Waals surface area contributed by atoms with Crippen molar-refractivity contribution in [2.24, 2.45) is 9.81 Å². The van der Waals surface area contributed by atoms with Gasteiger partial charge in [-0.15, -0.1) is 0 Å². The van der Waals surface area contributed by atoms with Crippen molar-refractivity contribution in [3.05, 3.63) is 35.4 Å². The van der Waals surface area contributed by atoms with E-state index in [1.165, 1.54) is 7.11 Å². The Labute approximate surface area is 151 Å². The van der Waals surface area contributed by atoms with Gasteiger partial charge in [-0.2, -0.15) is 0 Å². The molecule has 0 fully saturated rings. The fourth-order valence-corrected chi connectivity index (χ4v) is 2.68. The van der Waals surface area contributed by atoms with E-state index in [0.717, 1.165) is 18.2 Å². The number of hydrogen-bond donors (Lipinski definition) is 0. The normalized spacial score (nSPS) is 14.4. The standard InChI is InChI=1S/C18H25F2NO3S/c1-17(2,3)25(23)21-15(7-8-18(4,5)16(22)24-6)12-9-13(19)11-14(20)10-12/h9-11H,7-8H2,1-6H3. The molecule has 0 aliphatic rings. The van der Waals surface area contributed by atoms with E-state index >= 15 is 0 Å². The molecule has 1 unspecified atom stereocenters. The molecule has 0 radical (unpaired) electrons. The quantitative estimate of drug-likeness (QED) is 0.427. The molecular formula is C18H25F2NO3S. The summed E-state index contributed by atoms with van der Waals surface area (Å²) in [6.07, 6.45) is 0.560. The van der Waals surface area contributed by atoms with Gasteiger partial charge in [-0.25, -0.2) is 8.78 Å². The molecule has 0 bridgehead atoms. The number of carbonyl (C=O) groups excluding carboxylic acids is 1. The van der Waals surface area contributed by atoms with Crippen LogP contribution in [0.5, 0.6) is 0 Å². The van der Waals surface area contributed by atoms with Crippen molar-refractivity contribution in [1.29, 1.82) is 0 Å². The Morgan fingerprint density at radius 3 is 2.12 bits per heavy atom. The molecule has 0 aliphatic heterocycles. The molecule has 0 saturated heterocycles. The van der Waals surface area contributed by atoms with Crippen LogP contribution in [0.1, 0.15) is 53.0 Å². The van der Waals surface area contributed by atoms with E-state index in [1.807, 2.05) is 0 Å². The van der Waals surface area contributed by atoms with Crippen LogP contribution in [0.15, 0.2) is 22.6 Å². The smallest absolute Gasteiger partial charge is 0.311 e. The number of hydrogen-bond acceptors (Lipinski definition) is 4. The summed E-state index contributed by atoms with van der Waals surface area (Å²) in [6, 6.07) is 3.06. The van der Waals surface area contributed by atoms with Crippen LogP contribution in [0, 0.1) is 17.0 Å². The van der Waals surface area contributed by atoms with E-state index in [4.69, 9.17) is 4.74 Å². The monoisotopic (exact) mass is 373 g/mol. The molecule has 0 aromatic heterocycles. The van der Waals surface area contributed by atoms with Gasteiger partial charge in [0.15, 0.2) is 0 Å². The number of halogens is 2. The zero-order chi connectivity index (χ0) is 19.4. The summed E-state index contributed by atoms with van der Waals surface area (Å²) < 4.78 is 47.9. The molecule has 0 N–H and O–H groups in total. The number of esters is 1. The molecule has 0 aliphatic carbocycles. The maximum atomic E-state index is 13.6. The number of nitrogens with zero attached hydrogens (tertiary/aromatic N) is 1. The van der Waals surface area contributed by atoms with Crippen LogP contribution in [0.25, 0.3) is 0 Å². The number of methoxy groups -OCH3 is 1. The molecule has 0 spiro atoms. The number of rotatable bonds is 6. The van der Waals surface area contributed by atoms with Crippen LogP contribution in [0.2, 0.25) is 0 Å². The molecule has 1 atom stereocenters. The lowest BCUT2D eigenvalue weighted by molar-refractivity contribution is -0.151. The van der Waals surface area contributed by atoms with Crippen molar-refractivity contribution < 1.29 is 22.9 Å². The lowest BCUT2D eigenvalue weighted by atomic mass is 9.86.